The first-order valence-corrected chi connectivity index (χ1v) is 8.11. The fraction of sp³-hybridized carbons (Fsp3) is 0.471. The van der Waals surface area contributed by atoms with Crippen LogP contribution in [0.25, 0.3) is 0 Å². The summed E-state index contributed by atoms with van der Waals surface area (Å²) >= 11 is 0. The first kappa shape index (κ1) is 17.9. The molecule has 2 aromatic rings. The molecule has 136 valence electrons. The Bertz CT molecular complexity index is 730. The minimum Gasteiger partial charge on any atom is -0.393 e. The van der Waals surface area contributed by atoms with E-state index in [0.29, 0.717) is 25.3 Å². The summed E-state index contributed by atoms with van der Waals surface area (Å²) in [7, 11) is 0. The lowest BCUT2D eigenvalue weighted by Crippen LogP contribution is -2.24. The molecule has 1 aromatic carbocycles. The summed E-state index contributed by atoms with van der Waals surface area (Å²) in [6.45, 7) is 1.51. The van der Waals surface area contributed by atoms with Crippen molar-refractivity contribution in [2.75, 3.05) is 13.2 Å². The Morgan fingerprint density at radius 1 is 1.20 bits per heavy atom. The maximum Gasteiger partial charge on any atom is 0.416 e. The van der Waals surface area contributed by atoms with E-state index < -0.39 is 24.5 Å². The first-order valence-electron chi connectivity index (χ1n) is 8.11. The maximum absolute atomic E-state index is 13.2. The second kappa shape index (κ2) is 7.15. The van der Waals surface area contributed by atoms with Crippen molar-refractivity contribution in [3.8, 4) is 0 Å². The summed E-state index contributed by atoms with van der Waals surface area (Å²) < 4.78 is 41.3. The van der Waals surface area contributed by atoms with Crippen molar-refractivity contribution in [3.05, 3.63) is 52.8 Å². The van der Waals surface area contributed by atoms with E-state index in [1.54, 1.807) is 16.8 Å². The Morgan fingerprint density at radius 3 is 2.68 bits per heavy atom. The van der Waals surface area contributed by atoms with Crippen LogP contribution >= 0.6 is 0 Å². The van der Waals surface area contributed by atoms with E-state index in [9.17, 15) is 18.3 Å². The molecule has 8 heteroatoms. The Morgan fingerprint density at radius 2 is 1.96 bits per heavy atom. The Labute approximate surface area is 143 Å². The second-order valence-electron chi connectivity index (χ2n) is 6.20. The van der Waals surface area contributed by atoms with Crippen LogP contribution in [0.4, 0.5) is 13.2 Å². The van der Waals surface area contributed by atoms with Gasteiger partial charge in [-0.3, -0.25) is 9.58 Å². The molecule has 0 saturated carbocycles. The highest BCUT2D eigenvalue weighted by Gasteiger charge is 2.33. The van der Waals surface area contributed by atoms with Crippen molar-refractivity contribution < 1.29 is 23.4 Å². The molecular formula is C17H20F3N3O2. The lowest BCUT2D eigenvalue weighted by atomic mass is 10.1. The molecule has 0 unspecified atom stereocenters. The van der Waals surface area contributed by atoms with Crippen molar-refractivity contribution in [2.45, 2.75) is 38.3 Å². The van der Waals surface area contributed by atoms with E-state index >= 15 is 0 Å². The molecule has 2 N–H and O–H groups in total. The first-order chi connectivity index (χ1) is 11.9. The molecular weight excluding hydrogens is 335 g/mol. The molecule has 0 amide bonds. The number of benzene rings is 1. The molecule has 1 atom stereocenters. The zero-order valence-electron chi connectivity index (χ0n) is 13.6. The van der Waals surface area contributed by atoms with Gasteiger partial charge in [-0.2, -0.15) is 18.3 Å². The molecule has 0 bridgehead atoms. The van der Waals surface area contributed by atoms with Gasteiger partial charge in [0.05, 0.1) is 23.6 Å². The van der Waals surface area contributed by atoms with Crippen molar-refractivity contribution >= 4 is 0 Å². The van der Waals surface area contributed by atoms with Crippen LogP contribution in [0.3, 0.4) is 0 Å². The summed E-state index contributed by atoms with van der Waals surface area (Å²) in [4.78, 5) is 1.94. The standard InChI is InChI=1S/C17H20F3N3O2/c18-17(19,20)14-5-2-1-4-12(14)9-22-6-3-7-23-13(10-22)8-15(21-23)16(25)11-24/h1-2,4-5,8,16,24-25H,3,6-7,9-11H2/t16-/m0/s1. The summed E-state index contributed by atoms with van der Waals surface area (Å²) in [6.07, 6.45) is -4.67. The van der Waals surface area contributed by atoms with Gasteiger partial charge in [0.2, 0.25) is 0 Å². The number of nitrogens with zero attached hydrogens (tertiary/aromatic N) is 3. The molecule has 1 aliphatic rings. The fourth-order valence-electron chi connectivity index (χ4n) is 3.12. The van der Waals surface area contributed by atoms with Crippen molar-refractivity contribution in [1.29, 1.82) is 0 Å². The molecule has 2 heterocycles. The van der Waals surface area contributed by atoms with Crippen LogP contribution in [-0.2, 0) is 25.8 Å². The van der Waals surface area contributed by atoms with Crippen LogP contribution < -0.4 is 0 Å². The molecule has 5 nitrogen and oxygen atoms in total. The molecule has 0 radical (unpaired) electrons. The van der Waals surface area contributed by atoms with E-state index in [0.717, 1.165) is 18.2 Å². The van der Waals surface area contributed by atoms with Gasteiger partial charge in [0, 0.05) is 26.2 Å². The molecule has 0 aliphatic carbocycles. The molecule has 25 heavy (non-hydrogen) atoms. The van der Waals surface area contributed by atoms with E-state index in [-0.39, 0.29) is 12.1 Å². The average Bonchev–Trinajstić information content (AvgIpc) is 2.87. The monoisotopic (exact) mass is 355 g/mol. The van der Waals surface area contributed by atoms with Crippen LogP contribution in [0, 0.1) is 0 Å². The lowest BCUT2D eigenvalue weighted by Gasteiger charge is -2.22. The summed E-state index contributed by atoms with van der Waals surface area (Å²) in [5.74, 6) is 0. The average molecular weight is 355 g/mol. The van der Waals surface area contributed by atoms with Crippen LogP contribution in [0.2, 0.25) is 0 Å². The van der Waals surface area contributed by atoms with Gasteiger partial charge < -0.3 is 10.2 Å². The second-order valence-corrected chi connectivity index (χ2v) is 6.20. The van der Waals surface area contributed by atoms with Gasteiger partial charge in [-0.25, -0.2) is 0 Å². The van der Waals surface area contributed by atoms with Gasteiger partial charge in [-0.15, -0.1) is 0 Å². The number of aliphatic hydroxyl groups excluding tert-OH is 2. The highest BCUT2D eigenvalue weighted by molar-refractivity contribution is 5.29. The highest BCUT2D eigenvalue weighted by atomic mass is 19.4. The van der Waals surface area contributed by atoms with Crippen LogP contribution in [0.1, 0.15) is 35.0 Å². The van der Waals surface area contributed by atoms with Gasteiger partial charge in [0.25, 0.3) is 0 Å². The van der Waals surface area contributed by atoms with Gasteiger partial charge in [0.15, 0.2) is 0 Å². The van der Waals surface area contributed by atoms with E-state index in [1.807, 2.05) is 4.90 Å². The van der Waals surface area contributed by atoms with Crippen molar-refractivity contribution in [2.24, 2.45) is 0 Å². The molecule has 0 saturated heterocycles. The van der Waals surface area contributed by atoms with Gasteiger partial charge in [0.1, 0.15) is 6.10 Å². The number of halogens is 3. The van der Waals surface area contributed by atoms with Crippen LogP contribution in [0.5, 0.6) is 0 Å². The summed E-state index contributed by atoms with van der Waals surface area (Å²) in [6, 6.07) is 7.32. The number of hydrogen-bond acceptors (Lipinski definition) is 4. The topological polar surface area (TPSA) is 61.5 Å². The van der Waals surface area contributed by atoms with E-state index in [4.69, 9.17) is 5.11 Å². The SMILES string of the molecule is OC[C@H](O)c1cc2n(n1)CCCN(Cc1ccccc1C(F)(F)F)C2. The molecule has 1 aromatic heterocycles. The number of aliphatic hydroxyl groups is 2. The third-order valence-corrected chi connectivity index (χ3v) is 4.34. The largest absolute Gasteiger partial charge is 0.416 e. The minimum atomic E-state index is -4.37. The van der Waals surface area contributed by atoms with E-state index in [1.165, 1.54) is 12.1 Å². The van der Waals surface area contributed by atoms with Gasteiger partial charge in [-0.1, -0.05) is 18.2 Å². The number of aryl methyl sites for hydroxylation is 1. The summed E-state index contributed by atoms with van der Waals surface area (Å²) in [5, 5.41) is 23.0. The molecule has 1 aliphatic heterocycles. The molecule has 3 rings (SSSR count). The number of alkyl halides is 3. The quantitative estimate of drug-likeness (QED) is 0.884. The highest BCUT2D eigenvalue weighted by Crippen LogP contribution is 2.32. The maximum atomic E-state index is 13.2. The zero-order chi connectivity index (χ0) is 18.0. The lowest BCUT2D eigenvalue weighted by molar-refractivity contribution is -0.138. The molecule has 0 fully saturated rings. The van der Waals surface area contributed by atoms with Crippen molar-refractivity contribution in [1.82, 2.24) is 14.7 Å². The van der Waals surface area contributed by atoms with Gasteiger partial charge >= 0.3 is 6.18 Å². The van der Waals surface area contributed by atoms with E-state index in [2.05, 4.69) is 5.10 Å². The minimum absolute atomic E-state index is 0.193. The third kappa shape index (κ3) is 4.02. The number of fused-ring (bicyclic) bond motifs is 1. The number of hydrogen-bond donors (Lipinski definition) is 2. The smallest absolute Gasteiger partial charge is 0.393 e. The number of rotatable bonds is 4. The van der Waals surface area contributed by atoms with Gasteiger partial charge in [-0.05, 0) is 24.1 Å². The predicted octanol–water partition coefficient (Wildman–Crippen LogP) is 2.33. The predicted molar refractivity (Wildman–Crippen MR) is 84.4 cm³/mol. The van der Waals surface area contributed by atoms with Crippen LogP contribution in [0.15, 0.2) is 30.3 Å². The Kier molecular flexibility index (Phi) is 5.12. The molecule has 0 spiro atoms. The third-order valence-electron chi connectivity index (χ3n) is 4.34. The normalized spacial score (nSPS) is 17.2. The number of aromatic nitrogens is 2. The van der Waals surface area contributed by atoms with Crippen molar-refractivity contribution in [3.63, 3.8) is 0 Å². The Balaban J connectivity index is 1.80. The summed E-state index contributed by atoms with van der Waals surface area (Å²) in [5.41, 5.74) is 0.849. The van der Waals surface area contributed by atoms with Crippen LogP contribution in [-0.4, -0.2) is 38.0 Å². The zero-order valence-corrected chi connectivity index (χ0v) is 13.6. The Hall–Kier alpha value is -1.90. The fourth-order valence-corrected chi connectivity index (χ4v) is 3.12.